The van der Waals surface area contributed by atoms with Crippen molar-refractivity contribution in [2.24, 2.45) is 11.7 Å². The molecule has 0 bridgehead atoms. The Bertz CT molecular complexity index is 205. The van der Waals surface area contributed by atoms with Crippen molar-refractivity contribution in [3.63, 3.8) is 0 Å². The molecule has 3 atom stereocenters. The lowest BCUT2D eigenvalue weighted by molar-refractivity contribution is -0.133. The Morgan fingerprint density at radius 3 is 2.64 bits per heavy atom. The van der Waals surface area contributed by atoms with Crippen LogP contribution < -0.4 is 5.73 Å². The molecular formula is C11H22N2O. The summed E-state index contributed by atoms with van der Waals surface area (Å²) < 4.78 is 0. The van der Waals surface area contributed by atoms with Crippen molar-refractivity contribution >= 4 is 5.91 Å². The monoisotopic (exact) mass is 198 g/mol. The summed E-state index contributed by atoms with van der Waals surface area (Å²) in [5.74, 6) is 0.770. The Hall–Kier alpha value is -0.570. The van der Waals surface area contributed by atoms with Crippen LogP contribution in [0.1, 0.15) is 40.0 Å². The van der Waals surface area contributed by atoms with E-state index in [1.165, 1.54) is 0 Å². The molecule has 1 heterocycles. The lowest BCUT2D eigenvalue weighted by Crippen LogP contribution is -2.45. The van der Waals surface area contributed by atoms with Crippen molar-refractivity contribution in [1.82, 2.24) is 4.90 Å². The first-order valence-corrected chi connectivity index (χ1v) is 5.62. The number of nitrogens with zero attached hydrogens (tertiary/aromatic N) is 1. The van der Waals surface area contributed by atoms with Gasteiger partial charge in [0.15, 0.2) is 0 Å². The second-order valence-corrected chi connectivity index (χ2v) is 4.58. The maximum absolute atomic E-state index is 11.9. The first kappa shape index (κ1) is 11.5. The first-order chi connectivity index (χ1) is 6.56. The van der Waals surface area contributed by atoms with Crippen molar-refractivity contribution in [3.05, 3.63) is 0 Å². The SMILES string of the molecule is CCC[C@@H](N)C(=O)N1CC(C)CC1C. The summed E-state index contributed by atoms with van der Waals surface area (Å²) in [6.45, 7) is 7.25. The quantitative estimate of drug-likeness (QED) is 0.744. The van der Waals surface area contributed by atoms with Gasteiger partial charge in [0, 0.05) is 12.6 Å². The van der Waals surface area contributed by atoms with Crippen molar-refractivity contribution in [2.45, 2.75) is 52.1 Å². The molecule has 0 aromatic rings. The number of amides is 1. The smallest absolute Gasteiger partial charge is 0.239 e. The van der Waals surface area contributed by atoms with E-state index in [2.05, 4.69) is 20.8 Å². The Morgan fingerprint density at radius 1 is 1.57 bits per heavy atom. The molecular weight excluding hydrogens is 176 g/mol. The van der Waals surface area contributed by atoms with Crippen LogP contribution in [0.3, 0.4) is 0 Å². The lowest BCUT2D eigenvalue weighted by atomic mass is 10.1. The number of likely N-dealkylation sites (tertiary alicyclic amines) is 1. The summed E-state index contributed by atoms with van der Waals surface area (Å²) in [7, 11) is 0. The topological polar surface area (TPSA) is 46.3 Å². The zero-order valence-electron chi connectivity index (χ0n) is 9.49. The number of rotatable bonds is 3. The summed E-state index contributed by atoms with van der Waals surface area (Å²) in [5.41, 5.74) is 5.82. The highest BCUT2D eigenvalue weighted by Crippen LogP contribution is 2.23. The molecule has 1 rings (SSSR count). The number of nitrogens with two attached hydrogens (primary N) is 1. The van der Waals surface area contributed by atoms with Gasteiger partial charge in [-0.25, -0.2) is 0 Å². The van der Waals surface area contributed by atoms with Crippen LogP contribution in [0.4, 0.5) is 0 Å². The van der Waals surface area contributed by atoms with Gasteiger partial charge < -0.3 is 10.6 Å². The minimum atomic E-state index is -0.284. The summed E-state index contributed by atoms with van der Waals surface area (Å²) >= 11 is 0. The van der Waals surface area contributed by atoms with Gasteiger partial charge in [-0.1, -0.05) is 20.3 Å². The van der Waals surface area contributed by atoms with E-state index >= 15 is 0 Å². The molecule has 1 aliphatic heterocycles. The number of carbonyl (C=O) groups excluding carboxylic acids is 1. The van der Waals surface area contributed by atoms with Gasteiger partial charge >= 0.3 is 0 Å². The van der Waals surface area contributed by atoms with E-state index in [4.69, 9.17) is 5.73 Å². The molecule has 2 N–H and O–H groups in total. The average Bonchev–Trinajstić information content (AvgIpc) is 2.44. The average molecular weight is 198 g/mol. The minimum Gasteiger partial charge on any atom is -0.338 e. The summed E-state index contributed by atoms with van der Waals surface area (Å²) in [6, 6.07) is 0.0909. The maximum Gasteiger partial charge on any atom is 0.239 e. The Morgan fingerprint density at radius 2 is 2.21 bits per heavy atom. The van der Waals surface area contributed by atoms with E-state index in [1.807, 2.05) is 4.90 Å². The zero-order valence-corrected chi connectivity index (χ0v) is 9.49. The van der Waals surface area contributed by atoms with E-state index in [0.29, 0.717) is 12.0 Å². The number of hydrogen-bond donors (Lipinski definition) is 1. The fourth-order valence-corrected chi connectivity index (χ4v) is 2.25. The Balaban J connectivity index is 2.52. The van der Waals surface area contributed by atoms with Gasteiger partial charge in [0.2, 0.25) is 5.91 Å². The summed E-state index contributed by atoms with van der Waals surface area (Å²) in [5, 5.41) is 0. The zero-order chi connectivity index (χ0) is 10.7. The third kappa shape index (κ3) is 2.47. The second kappa shape index (κ2) is 4.78. The normalized spacial score (nSPS) is 29.3. The van der Waals surface area contributed by atoms with Crippen LogP contribution >= 0.6 is 0 Å². The fourth-order valence-electron chi connectivity index (χ4n) is 2.25. The fraction of sp³-hybridized carbons (Fsp3) is 0.909. The summed E-state index contributed by atoms with van der Waals surface area (Å²) in [4.78, 5) is 13.8. The predicted molar refractivity (Wildman–Crippen MR) is 57.8 cm³/mol. The molecule has 0 aromatic carbocycles. The van der Waals surface area contributed by atoms with Crippen LogP contribution in [-0.4, -0.2) is 29.4 Å². The largest absolute Gasteiger partial charge is 0.338 e. The molecule has 0 aromatic heterocycles. The molecule has 0 spiro atoms. The Labute approximate surface area is 86.6 Å². The molecule has 0 aliphatic carbocycles. The minimum absolute atomic E-state index is 0.142. The van der Waals surface area contributed by atoms with Crippen LogP contribution in [0.5, 0.6) is 0 Å². The molecule has 0 radical (unpaired) electrons. The van der Waals surface area contributed by atoms with Crippen molar-refractivity contribution in [3.8, 4) is 0 Å². The molecule has 82 valence electrons. The molecule has 2 unspecified atom stereocenters. The van der Waals surface area contributed by atoms with Crippen LogP contribution in [0, 0.1) is 5.92 Å². The number of carbonyl (C=O) groups is 1. The first-order valence-electron chi connectivity index (χ1n) is 5.62. The molecule has 0 saturated carbocycles. The summed E-state index contributed by atoms with van der Waals surface area (Å²) in [6.07, 6.45) is 2.89. The highest BCUT2D eigenvalue weighted by molar-refractivity contribution is 5.82. The third-order valence-electron chi connectivity index (χ3n) is 2.98. The van der Waals surface area contributed by atoms with Gasteiger partial charge in [-0.15, -0.1) is 0 Å². The van der Waals surface area contributed by atoms with Gasteiger partial charge in [-0.05, 0) is 25.7 Å². The van der Waals surface area contributed by atoms with Crippen LogP contribution in [-0.2, 0) is 4.79 Å². The Kier molecular flexibility index (Phi) is 3.93. The predicted octanol–water partition coefficient (Wildman–Crippen LogP) is 1.37. The van der Waals surface area contributed by atoms with Crippen LogP contribution in [0.25, 0.3) is 0 Å². The van der Waals surface area contributed by atoms with Gasteiger partial charge in [0.05, 0.1) is 6.04 Å². The molecule has 1 amide bonds. The van der Waals surface area contributed by atoms with Gasteiger partial charge in [-0.2, -0.15) is 0 Å². The van der Waals surface area contributed by atoms with E-state index < -0.39 is 0 Å². The van der Waals surface area contributed by atoms with Gasteiger partial charge in [0.25, 0.3) is 0 Å². The molecule has 1 fully saturated rings. The van der Waals surface area contributed by atoms with Crippen molar-refractivity contribution < 1.29 is 4.79 Å². The van der Waals surface area contributed by atoms with E-state index in [-0.39, 0.29) is 11.9 Å². The maximum atomic E-state index is 11.9. The van der Waals surface area contributed by atoms with Crippen LogP contribution in [0.2, 0.25) is 0 Å². The third-order valence-corrected chi connectivity index (χ3v) is 2.98. The molecule has 1 saturated heterocycles. The molecule has 1 aliphatic rings. The second-order valence-electron chi connectivity index (χ2n) is 4.58. The van der Waals surface area contributed by atoms with Crippen molar-refractivity contribution in [1.29, 1.82) is 0 Å². The highest BCUT2D eigenvalue weighted by Gasteiger charge is 2.31. The van der Waals surface area contributed by atoms with Gasteiger partial charge in [-0.3, -0.25) is 4.79 Å². The van der Waals surface area contributed by atoms with Gasteiger partial charge in [0.1, 0.15) is 0 Å². The van der Waals surface area contributed by atoms with E-state index in [0.717, 1.165) is 25.8 Å². The highest BCUT2D eigenvalue weighted by atomic mass is 16.2. The van der Waals surface area contributed by atoms with Crippen molar-refractivity contribution in [2.75, 3.05) is 6.54 Å². The van der Waals surface area contributed by atoms with E-state index in [1.54, 1.807) is 0 Å². The number of hydrogen-bond acceptors (Lipinski definition) is 2. The molecule has 14 heavy (non-hydrogen) atoms. The molecule has 3 nitrogen and oxygen atoms in total. The van der Waals surface area contributed by atoms with Crippen LogP contribution in [0.15, 0.2) is 0 Å². The standard InChI is InChI=1S/C11H22N2O/c1-4-5-10(12)11(14)13-7-8(2)6-9(13)3/h8-10H,4-7,12H2,1-3H3/t8?,9?,10-/m1/s1. The van der Waals surface area contributed by atoms with E-state index in [9.17, 15) is 4.79 Å². The molecule has 3 heteroatoms. The lowest BCUT2D eigenvalue weighted by Gasteiger charge is -2.24.